The molecule has 1 amide bonds. The largest absolute Gasteiger partial charge is 0.381 e. The van der Waals surface area contributed by atoms with Gasteiger partial charge in [0.05, 0.1) is 11.9 Å². The summed E-state index contributed by atoms with van der Waals surface area (Å²) < 4.78 is 19.9. The van der Waals surface area contributed by atoms with E-state index in [1.807, 2.05) is 13.2 Å². The summed E-state index contributed by atoms with van der Waals surface area (Å²) in [5.41, 5.74) is 1.73. The summed E-state index contributed by atoms with van der Waals surface area (Å²) in [5, 5.41) is 4.28. The zero-order valence-corrected chi connectivity index (χ0v) is 13.1. The van der Waals surface area contributed by atoms with E-state index in [0.29, 0.717) is 19.8 Å². The number of ether oxygens (including phenoxy) is 1. The molecule has 0 spiro atoms. The van der Waals surface area contributed by atoms with E-state index in [1.165, 1.54) is 12.1 Å². The monoisotopic (exact) mass is 317 g/mol. The summed E-state index contributed by atoms with van der Waals surface area (Å²) in [5.74, 6) is -0.0633. The van der Waals surface area contributed by atoms with E-state index >= 15 is 0 Å². The minimum atomic E-state index is -0.275. The molecule has 122 valence electrons. The molecule has 0 aliphatic carbocycles. The summed E-state index contributed by atoms with van der Waals surface area (Å²) in [4.78, 5) is 14.2. The van der Waals surface area contributed by atoms with Crippen molar-refractivity contribution >= 4 is 5.91 Å². The number of nitrogens with zero attached hydrogens (tertiary/aromatic N) is 3. The Morgan fingerprint density at radius 2 is 2.04 bits per heavy atom. The van der Waals surface area contributed by atoms with Crippen LogP contribution in [0.15, 0.2) is 36.7 Å². The second-order valence-corrected chi connectivity index (χ2v) is 5.85. The predicted molar refractivity (Wildman–Crippen MR) is 83.5 cm³/mol. The van der Waals surface area contributed by atoms with E-state index < -0.39 is 0 Å². The van der Waals surface area contributed by atoms with E-state index in [9.17, 15) is 9.18 Å². The van der Waals surface area contributed by atoms with Gasteiger partial charge in [-0.2, -0.15) is 5.10 Å². The quantitative estimate of drug-likeness (QED) is 0.870. The third-order valence-corrected chi connectivity index (χ3v) is 4.09. The van der Waals surface area contributed by atoms with E-state index in [4.69, 9.17) is 4.74 Å². The Balaban J connectivity index is 1.64. The second-order valence-electron chi connectivity index (χ2n) is 5.85. The number of benzene rings is 1. The molecule has 0 bridgehead atoms. The molecule has 0 N–H and O–H groups in total. The first-order chi connectivity index (χ1) is 11.1. The van der Waals surface area contributed by atoms with Crippen LogP contribution in [-0.2, 0) is 16.1 Å². The first-order valence-corrected chi connectivity index (χ1v) is 7.75. The fourth-order valence-corrected chi connectivity index (χ4v) is 2.78. The molecule has 1 aliphatic heterocycles. The van der Waals surface area contributed by atoms with Crippen molar-refractivity contribution in [1.82, 2.24) is 14.7 Å². The van der Waals surface area contributed by atoms with Gasteiger partial charge in [-0.15, -0.1) is 0 Å². The van der Waals surface area contributed by atoms with Crippen LogP contribution in [0.2, 0.25) is 0 Å². The van der Waals surface area contributed by atoms with Gasteiger partial charge in [-0.05, 0) is 37.1 Å². The smallest absolute Gasteiger partial charge is 0.225 e. The molecular weight excluding hydrogens is 297 g/mol. The maximum absolute atomic E-state index is 13.0. The number of halogens is 1. The van der Waals surface area contributed by atoms with Gasteiger partial charge in [-0.25, -0.2) is 9.07 Å². The highest BCUT2D eigenvalue weighted by molar-refractivity contribution is 5.78. The lowest BCUT2D eigenvalue weighted by Gasteiger charge is -2.26. The minimum Gasteiger partial charge on any atom is -0.381 e. The summed E-state index contributed by atoms with van der Waals surface area (Å²) in [6.07, 6.45) is 5.17. The Morgan fingerprint density at radius 3 is 2.74 bits per heavy atom. The summed E-state index contributed by atoms with van der Waals surface area (Å²) >= 11 is 0. The number of hydrogen-bond acceptors (Lipinski definition) is 3. The van der Waals surface area contributed by atoms with Gasteiger partial charge < -0.3 is 9.64 Å². The van der Waals surface area contributed by atoms with E-state index in [1.54, 1.807) is 27.9 Å². The van der Waals surface area contributed by atoms with Crippen LogP contribution in [0.3, 0.4) is 0 Å². The normalized spacial score (nSPS) is 15.6. The standard InChI is InChI=1S/C17H20FN3O2/c1-20(17(22)14-6-8-23-9-7-14)11-13-10-19-21(12-13)16-4-2-15(18)3-5-16/h2-5,10,12,14H,6-9,11H2,1H3. The molecule has 1 aromatic heterocycles. The molecule has 1 aromatic carbocycles. The first-order valence-electron chi connectivity index (χ1n) is 7.75. The highest BCUT2D eigenvalue weighted by atomic mass is 19.1. The predicted octanol–water partition coefficient (Wildman–Crippen LogP) is 2.40. The Morgan fingerprint density at radius 1 is 1.35 bits per heavy atom. The van der Waals surface area contributed by atoms with Crippen molar-refractivity contribution in [2.24, 2.45) is 5.92 Å². The highest BCUT2D eigenvalue weighted by Crippen LogP contribution is 2.18. The molecule has 1 fully saturated rings. The Kier molecular flexibility index (Phi) is 4.71. The van der Waals surface area contributed by atoms with Crippen molar-refractivity contribution in [1.29, 1.82) is 0 Å². The summed E-state index contributed by atoms with van der Waals surface area (Å²) in [6.45, 7) is 1.83. The van der Waals surface area contributed by atoms with Crippen molar-refractivity contribution in [2.45, 2.75) is 19.4 Å². The number of carbonyl (C=O) groups excluding carboxylic acids is 1. The maximum atomic E-state index is 13.0. The Hall–Kier alpha value is -2.21. The average molecular weight is 317 g/mol. The number of aromatic nitrogens is 2. The van der Waals surface area contributed by atoms with Crippen molar-refractivity contribution in [2.75, 3.05) is 20.3 Å². The Labute approximate surface area is 134 Å². The molecular formula is C17H20FN3O2. The van der Waals surface area contributed by atoms with Gasteiger partial charge in [0.25, 0.3) is 0 Å². The van der Waals surface area contributed by atoms with Gasteiger partial charge in [-0.1, -0.05) is 0 Å². The number of carbonyl (C=O) groups is 1. The molecule has 0 saturated carbocycles. The minimum absolute atomic E-state index is 0.0564. The van der Waals surface area contributed by atoms with Crippen molar-refractivity contribution < 1.29 is 13.9 Å². The summed E-state index contributed by atoms with van der Waals surface area (Å²) in [7, 11) is 1.81. The first kappa shape index (κ1) is 15.7. The lowest BCUT2D eigenvalue weighted by molar-refractivity contribution is -0.137. The zero-order valence-electron chi connectivity index (χ0n) is 13.1. The molecule has 2 aromatic rings. The fourth-order valence-electron chi connectivity index (χ4n) is 2.78. The molecule has 5 nitrogen and oxygen atoms in total. The molecule has 3 rings (SSSR count). The van der Waals surface area contributed by atoms with Crippen LogP contribution in [0, 0.1) is 11.7 Å². The van der Waals surface area contributed by atoms with Gasteiger partial charge in [0.1, 0.15) is 5.82 Å². The topological polar surface area (TPSA) is 47.4 Å². The molecule has 2 heterocycles. The van der Waals surface area contributed by atoms with Crippen molar-refractivity contribution in [3.8, 4) is 5.69 Å². The Bertz CT molecular complexity index is 663. The van der Waals surface area contributed by atoms with Crippen LogP contribution in [0.5, 0.6) is 0 Å². The van der Waals surface area contributed by atoms with Gasteiger partial charge in [0.2, 0.25) is 5.91 Å². The van der Waals surface area contributed by atoms with Crippen LogP contribution in [0.25, 0.3) is 5.69 Å². The van der Waals surface area contributed by atoms with Crippen molar-refractivity contribution in [3.63, 3.8) is 0 Å². The van der Waals surface area contributed by atoms with Crippen LogP contribution < -0.4 is 0 Å². The highest BCUT2D eigenvalue weighted by Gasteiger charge is 2.24. The van der Waals surface area contributed by atoms with Crippen LogP contribution >= 0.6 is 0 Å². The van der Waals surface area contributed by atoms with Crippen molar-refractivity contribution in [3.05, 3.63) is 48.0 Å². The van der Waals surface area contributed by atoms with Crippen LogP contribution in [0.1, 0.15) is 18.4 Å². The molecule has 0 unspecified atom stereocenters. The fraction of sp³-hybridized carbons (Fsp3) is 0.412. The lowest BCUT2D eigenvalue weighted by atomic mass is 9.99. The second kappa shape index (κ2) is 6.91. The number of amides is 1. The molecule has 23 heavy (non-hydrogen) atoms. The van der Waals surface area contributed by atoms with Gasteiger partial charge in [0, 0.05) is 44.5 Å². The molecule has 1 aliphatic rings. The van der Waals surface area contributed by atoms with E-state index in [-0.39, 0.29) is 17.6 Å². The SMILES string of the molecule is CN(Cc1cnn(-c2ccc(F)cc2)c1)C(=O)C1CCOCC1. The van der Waals surface area contributed by atoms with Crippen LogP contribution in [0.4, 0.5) is 4.39 Å². The molecule has 0 radical (unpaired) electrons. The lowest BCUT2D eigenvalue weighted by Crippen LogP contribution is -2.35. The van der Waals surface area contributed by atoms with E-state index in [2.05, 4.69) is 5.10 Å². The van der Waals surface area contributed by atoms with Gasteiger partial charge in [-0.3, -0.25) is 4.79 Å². The van der Waals surface area contributed by atoms with Gasteiger partial charge >= 0.3 is 0 Å². The third-order valence-electron chi connectivity index (χ3n) is 4.09. The number of rotatable bonds is 4. The van der Waals surface area contributed by atoms with Crippen LogP contribution in [-0.4, -0.2) is 40.8 Å². The molecule has 6 heteroatoms. The number of hydrogen-bond donors (Lipinski definition) is 0. The molecule has 1 saturated heterocycles. The van der Waals surface area contributed by atoms with E-state index in [0.717, 1.165) is 24.1 Å². The van der Waals surface area contributed by atoms with Gasteiger partial charge in [0.15, 0.2) is 0 Å². The molecule has 0 atom stereocenters. The average Bonchev–Trinajstić information content (AvgIpc) is 3.04. The maximum Gasteiger partial charge on any atom is 0.225 e. The summed E-state index contributed by atoms with van der Waals surface area (Å²) in [6, 6.07) is 6.14. The zero-order chi connectivity index (χ0) is 16.2. The third kappa shape index (κ3) is 3.76.